The first-order chi connectivity index (χ1) is 11.1. The molecule has 3 rings (SSSR count). The highest BCUT2D eigenvalue weighted by Crippen LogP contribution is 2.19. The minimum Gasteiger partial charge on any atom is -0.379 e. The molecule has 122 valence electrons. The van der Waals surface area contributed by atoms with E-state index in [-0.39, 0.29) is 23.9 Å². The largest absolute Gasteiger partial charge is 0.379 e. The van der Waals surface area contributed by atoms with Gasteiger partial charge in [-0.2, -0.15) is 5.10 Å². The molecule has 6 nitrogen and oxygen atoms in total. The van der Waals surface area contributed by atoms with Crippen molar-refractivity contribution in [2.24, 2.45) is 5.92 Å². The number of nitrogens with one attached hydrogen (secondary N) is 1. The lowest BCUT2D eigenvalue weighted by atomic mass is 9.95. The van der Waals surface area contributed by atoms with E-state index < -0.39 is 0 Å². The van der Waals surface area contributed by atoms with Crippen LogP contribution in [0.4, 0.5) is 0 Å². The number of ether oxygens (including phenoxy) is 1. The molecule has 2 unspecified atom stereocenters. The number of nitrogens with zero attached hydrogens (tertiary/aromatic N) is 3. The van der Waals surface area contributed by atoms with Crippen LogP contribution in [0.15, 0.2) is 36.8 Å². The summed E-state index contributed by atoms with van der Waals surface area (Å²) in [7, 11) is 0. The minimum atomic E-state index is -0.139. The molecule has 0 radical (unpaired) electrons. The highest BCUT2D eigenvalue weighted by molar-refractivity contribution is 5.92. The monoisotopic (exact) mass is 314 g/mol. The van der Waals surface area contributed by atoms with Crippen LogP contribution in [0, 0.1) is 5.92 Å². The van der Waals surface area contributed by atoms with Crippen LogP contribution in [0.2, 0.25) is 0 Å². The predicted molar refractivity (Wildman–Crippen MR) is 86.1 cm³/mol. The first-order valence-corrected chi connectivity index (χ1v) is 7.96. The van der Waals surface area contributed by atoms with E-state index in [1.807, 2.05) is 32.2 Å². The van der Waals surface area contributed by atoms with Gasteiger partial charge < -0.3 is 10.1 Å². The zero-order valence-corrected chi connectivity index (χ0v) is 13.5. The maximum Gasteiger partial charge on any atom is 0.272 e. The zero-order chi connectivity index (χ0) is 16.2. The molecule has 2 aromatic heterocycles. The fourth-order valence-electron chi connectivity index (χ4n) is 2.77. The summed E-state index contributed by atoms with van der Waals surface area (Å²) in [5, 5.41) is 7.38. The number of aromatic nitrogens is 3. The molecule has 0 saturated carbocycles. The van der Waals surface area contributed by atoms with Gasteiger partial charge >= 0.3 is 0 Å². The van der Waals surface area contributed by atoms with Crippen molar-refractivity contribution in [2.45, 2.75) is 32.4 Å². The van der Waals surface area contributed by atoms with Gasteiger partial charge in [0, 0.05) is 30.6 Å². The smallest absolute Gasteiger partial charge is 0.272 e. The Kier molecular flexibility index (Phi) is 4.71. The van der Waals surface area contributed by atoms with Gasteiger partial charge in [-0.25, -0.2) is 0 Å². The van der Waals surface area contributed by atoms with E-state index >= 15 is 0 Å². The van der Waals surface area contributed by atoms with E-state index in [2.05, 4.69) is 15.4 Å². The number of carbonyl (C=O) groups is 1. The molecule has 1 amide bonds. The van der Waals surface area contributed by atoms with Crippen molar-refractivity contribution >= 4 is 5.91 Å². The Labute approximate surface area is 135 Å². The lowest BCUT2D eigenvalue weighted by Gasteiger charge is -2.18. The van der Waals surface area contributed by atoms with E-state index in [9.17, 15) is 4.79 Å². The molecule has 2 aromatic rings. The van der Waals surface area contributed by atoms with Gasteiger partial charge in [0.15, 0.2) is 0 Å². The van der Waals surface area contributed by atoms with Gasteiger partial charge in [0.2, 0.25) is 0 Å². The van der Waals surface area contributed by atoms with Crippen molar-refractivity contribution in [1.29, 1.82) is 0 Å². The van der Waals surface area contributed by atoms with E-state index in [0.29, 0.717) is 18.9 Å². The molecular weight excluding hydrogens is 292 g/mol. The Morgan fingerprint density at radius 1 is 1.35 bits per heavy atom. The Bertz CT molecular complexity index is 654. The minimum absolute atomic E-state index is 0.0138. The van der Waals surface area contributed by atoms with Crippen LogP contribution in [0.5, 0.6) is 0 Å². The zero-order valence-electron chi connectivity index (χ0n) is 13.5. The van der Waals surface area contributed by atoms with Crippen molar-refractivity contribution in [3.05, 3.63) is 48.0 Å². The molecule has 3 heterocycles. The summed E-state index contributed by atoms with van der Waals surface area (Å²) in [6.07, 6.45) is 6.28. The Hall–Kier alpha value is -2.21. The van der Waals surface area contributed by atoms with Gasteiger partial charge in [-0.15, -0.1) is 0 Å². The normalized spacial score (nSPS) is 20.8. The molecular formula is C17H22N4O2. The van der Waals surface area contributed by atoms with Crippen LogP contribution >= 0.6 is 0 Å². The maximum atomic E-state index is 12.4. The molecule has 1 aliphatic heterocycles. The van der Waals surface area contributed by atoms with Crippen LogP contribution in [0.25, 0.3) is 0 Å². The molecule has 0 spiro atoms. The quantitative estimate of drug-likeness (QED) is 0.914. The van der Waals surface area contributed by atoms with Gasteiger partial charge in [0.1, 0.15) is 5.69 Å². The van der Waals surface area contributed by atoms with Gasteiger partial charge in [0.25, 0.3) is 5.91 Å². The van der Waals surface area contributed by atoms with Crippen molar-refractivity contribution in [1.82, 2.24) is 20.1 Å². The molecule has 6 heteroatoms. The summed E-state index contributed by atoms with van der Waals surface area (Å²) >= 11 is 0. The second kappa shape index (κ2) is 6.91. The SMILES string of the molecule is CC(C)n1ccc(C(=O)NC2COCC2Cc2ccncc2)n1. The Morgan fingerprint density at radius 2 is 2.13 bits per heavy atom. The molecule has 0 bridgehead atoms. The number of hydrogen-bond donors (Lipinski definition) is 1. The van der Waals surface area contributed by atoms with Crippen molar-refractivity contribution in [3.63, 3.8) is 0 Å². The average molecular weight is 314 g/mol. The molecule has 0 aliphatic carbocycles. The van der Waals surface area contributed by atoms with Gasteiger partial charge in [0.05, 0.1) is 19.3 Å². The van der Waals surface area contributed by atoms with Crippen LogP contribution in [0.3, 0.4) is 0 Å². The number of rotatable bonds is 5. The highest BCUT2D eigenvalue weighted by atomic mass is 16.5. The van der Waals surface area contributed by atoms with Crippen molar-refractivity contribution in [2.75, 3.05) is 13.2 Å². The van der Waals surface area contributed by atoms with Gasteiger partial charge in [-0.05, 0) is 44.0 Å². The van der Waals surface area contributed by atoms with Crippen LogP contribution in [0.1, 0.15) is 35.9 Å². The molecule has 1 N–H and O–H groups in total. The Morgan fingerprint density at radius 3 is 2.83 bits per heavy atom. The third-order valence-electron chi connectivity index (χ3n) is 4.13. The van der Waals surface area contributed by atoms with Crippen LogP contribution in [-0.4, -0.2) is 39.9 Å². The third kappa shape index (κ3) is 3.76. The summed E-state index contributed by atoms with van der Waals surface area (Å²) in [5.74, 6) is 0.133. The second-order valence-electron chi connectivity index (χ2n) is 6.21. The molecule has 1 aliphatic rings. The summed E-state index contributed by atoms with van der Waals surface area (Å²) in [6.45, 7) is 5.27. The van der Waals surface area contributed by atoms with E-state index in [1.54, 1.807) is 23.1 Å². The number of pyridine rings is 1. The summed E-state index contributed by atoms with van der Waals surface area (Å²) in [4.78, 5) is 16.4. The lowest BCUT2D eigenvalue weighted by molar-refractivity contribution is 0.0919. The number of hydrogen-bond acceptors (Lipinski definition) is 4. The first-order valence-electron chi connectivity index (χ1n) is 7.96. The summed E-state index contributed by atoms with van der Waals surface area (Å²) < 4.78 is 7.35. The lowest BCUT2D eigenvalue weighted by Crippen LogP contribution is -2.40. The van der Waals surface area contributed by atoms with Crippen molar-refractivity contribution in [3.8, 4) is 0 Å². The molecule has 23 heavy (non-hydrogen) atoms. The third-order valence-corrected chi connectivity index (χ3v) is 4.13. The summed E-state index contributed by atoms with van der Waals surface area (Å²) in [5.41, 5.74) is 1.66. The standard InChI is InChI=1S/C17H22N4O2/c1-12(2)21-8-5-15(20-21)17(22)19-16-11-23-10-14(16)9-13-3-6-18-7-4-13/h3-8,12,14,16H,9-11H2,1-2H3,(H,19,22). The topological polar surface area (TPSA) is 69.0 Å². The second-order valence-corrected chi connectivity index (χ2v) is 6.21. The Balaban J connectivity index is 1.62. The van der Waals surface area contributed by atoms with E-state index in [0.717, 1.165) is 6.42 Å². The van der Waals surface area contributed by atoms with Crippen LogP contribution < -0.4 is 5.32 Å². The number of carbonyl (C=O) groups excluding carboxylic acids is 1. The van der Waals surface area contributed by atoms with Gasteiger partial charge in [-0.3, -0.25) is 14.5 Å². The first kappa shape index (κ1) is 15.7. The fourth-order valence-corrected chi connectivity index (χ4v) is 2.77. The summed E-state index contributed by atoms with van der Waals surface area (Å²) in [6, 6.07) is 6.01. The predicted octanol–water partition coefficient (Wildman–Crippen LogP) is 1.85. The van der Waals surface area contributed by atoms with Crippen LogP contribution in [-0.2, 0) is 11.2 Å². The molecule has 2 atom stereocenters. The molecule has 1 fully saturated rings. The molecule has 0 aromatic carbocycles. The maximum absolute atomic E-state index is 12.4. The average Bonchev–Trinajstić information content (AvgIpc) is 3.18. The van der Waals surface area contributed by atoms with E-state index in [4.69, 9.17) is 4.74 Å². The van der Waals surface area contributed by atoms with Gasteiger partial charge in [-0.1, -0.05) is 0 Å². The molecule has 1 saturated heterocycles. The fraction of sp³-hybridized carbons (Fsp3) is 0.471. The van der Waals surface area contributed by atoms with Crippen molar-refractivity contribution < 1.29 is 9.53 Å². The highest BCUT2D eigenvalue weighted by Gasteiger charge is 2.30. The van der Waals surface area contributed by atoms with E-state index in [1.165, 1.54) is 5.56 Å². The number of amides is 1.